The van der Waals surface area contributed by atoms with Crippen LogP contribution in [0, 0.1) is 6.92 Å². The lowest BCUT2D eigenvalue weighted by atomic mass is 10.1. The molecule has 0 radical (unpaired) electrons. The van der Waals surface area contributed by atoms with Gasteiger partial charge in [0.05, 0.1) is 13.7 Å². The van der Waals surface area contributed by atoms with Crippen LogP contribution in [0.3, 0.4) is 0 Å². The maximum Gasteiger partial charge on any atom is 0.193 e. The number of guanidine groups is 1. The van der Waals surface area contributed by atoms with E-state index < -0.39 is 0 Å². The minimum absolute atomic E-state index is 0. The number of ether oxygens (including phenoxy) is 1. The molecule has 0 amide bonds. The molecule has 2 aromatic rings. The van der Waals surface area contributed by atoms with Crippen molar-refractivity contribution in [2.24, 2.45) is 10.7 Å². The fourth-order valence-electron chi connectivity index (χ4n) is 3.05. The molecule has 0 unspecified atom stereocenters. The van der Waals surface area contributed by atoms with Crippen LogP contribution in [0.15, 0.2) is 41.4 Å². The van der Waals surface area contributed by atoms with Crippen LogP contribution in [0.2, 0.25) is 0 Å². The molecule has 0 heterocycles. The quantitative estimate of drug-likeness (QED) is 0.431. The predicted octanol–water partition coefficient (Wildman–Crippen LogP) is 4.04. The van der Waals surface area contributed by atoms with Gasteiger partial charge < -0.3 is 15.8 Å². The van der Waals surface area contributed by atoms with Gasteiger partial charge in [-0.25, -0.2) is 4.99 Å². The summed E-state index contributed by atoms with van der Waals surface area (Å²) in [6.45, 7) is 2.57. The average molecular weight is 437 g/mol. The average Bonchev–Trinajstić information content (AvgIpc) is 3.00. The van der Waals surface area contributed by atoms with Crippen molar-refractivity contribution in [1.29, 1.82) is 0 Å². The first-order valence-corrected chi connectivity index (χ1v) is 7.97. The number of benzene rings is 2. The molecule has 128 valence electrons. The molecule has 0 saturated heterocycles. The van der Waals surface area contributed by atoms with Gasteiger partial charge in [0, 0.05) is 5.69 Å². The van der Waals surface area contributed by atoms with Gasteiger partial charge in [0.25, 0.3) is 0 Å². The number of hydrogen-bond donors (Lipinski definition) is 2. The highest BCUT2D eigenvalue weighted by Crippen LogP contribution is 2.24. The van der Waals surface area contributed by atoms with E-state index in [9.17, 15) is 0 Å². The van der Waals surface area contributed by atoms with E-state index >= 15 is 0 Å². The summed E-state index contributed by atoms with van der Waals surface area (Å²) in [6, 6.07) is 12.5. The van der Waals surface area contributed by atoms with E-state index in [0.717, 1.165) is 29.0 Å². The number of halogens is 1. The van der Waals surface area contributed by atoms with Crippen molar-refractivity contribution in [2.45, 2.75) is 32.7 Å². The normalized spacial score (nSPS) is 13.2. The molecule has 4 nitrogen and oxygen atoms in total. The smallest absolute Gasteiger partial charge is 0.193 e. The fourth-order valence-corrected chi connectivity index (χ4v) is 3.05. The van der Waals surface area contributed by atoms with Crippen LogP contribution in [-0.4, -0.2) is 13.1 Å². The van der Waals surface area contributed by atoms with Crippen molar-refractivity contribution in [3.8, 4) is 5.75 Å². The van der Waals surface area contributed by atoms with Crippen LogP contribution < -0.4 is 15.8 Å². The summed E-state index contributed by atoms with van der Waals surface area (Å²) in [7, 11) is 1.67. The number of nitrogens with two attached hydrogens (primary N) is 1. The van der Waals surface area contributed by atoms with E-state index in [1.165, 1.54) is 24.0 Å². The van der Waals surface area contributed by atoms with Gasteiger partial charge in [-0.2, -0.15) is 0 Å². The van der Waals surface area contributed by atoms with Gasteiger partial charge in [-0.15, -0.1) is 24.0 Å². The molecule has 0 atom stereocenters. The highest BCUT2D eigenvalue weighted by Gasteiger charge is 2.10. The predicted molar refractivity (Wildman–Crippen MR) is 111 cm³/mol. The van der Waals surface area contributed by atoms with Crippen LogP contribution in [0.4, 0.5) is 5.69 Å². The Kier molecular flexibility index (Phi) is 6.48. The highest BCUT2D eigenvalue weighted by atomic mass is 127. The third-order valence-corrected chi connectivity index (χ3v) is 4.15. The molecule has 1 aliphatic rings. The van der Waals surface area contributed by atoms with Gasteiger partial charge in [0.1, 0.15) is 5.75 Å². The Bertz CT molecular complexity index is 743. The van der Waals surface area contributed by atoms with E-state index in [1.54, 1.807) is 7.11 Å². The number of nitrogens with one attached hydrogen (secondary N) is 1. The lowest BCUT2D eigenvalue weighted by molar-refractivity contribution is 0.414. The Morgan fingerprint density at radius 3 is 2.75 bits per heavy atom. The van der Waals surface area contributed by atoms with Gasteiger partial charge in [0.2, 0.25) is 0 Å². The lowest BCUT2D eigenvalue weighted by Gasteiger charge is -2.09. The van der Waals surface area contributed by atoms with Gasteiger partial charge in [-0.05, 0) is 72.7 Å². The summed E-state index contributed by atoms with van der Waals surface area (Å²) in [5, 5.41) is 3.18. The van der Waals surface area contributed by atoms with Crippen molar-refractivity contribution in [3.05, 3.63) is 58.7 Å². The Hall–Kier alpha value is -1.76. The van der Waals surface area contributed by atoms with Gasteiger partial charge >= 0.3 is 0 Å². The van der Waals surface area contributed by atoms with E-state index in [0.29, 0.717) is 12.5 Å². The van der Waals surface area contributed by atoms with Gasteiger partial charge in [-0.1, -0.05) is 12.1 Å². The zero-order chi connectivity index (χ0) is 16.2. The molecular formula is C19H24IN3O. The summed E-state index contributed by atoms with van der Waals surface area (Å²) in [4.78, 5) is 4.43. The Morgan fingerprint density at radius 2 is 1.96 bits per heavy atom. The monoisotopic (exact) mass is 437 g/mol. The van der Waals surface area contributed by atoms with Crippen LogP contribution in [0.1, 0.15) is 28.7 Å². The molecule has 3 N–H and O–H groups in total. The van der Waals surface area contributed by atoms with Crippen molar-refractivity contribution in [3.63, 3.8) is 0 Å². The molecule has 0 saturated carbocycles. The number of rotatable bonds is 4. The van der Waals surface area contributed by atoms with Gasteiger partial charge in [0.15, 0.2) is 5.96 Å². The zero-order valence-corrected chi connectivity index (χ0v) is 16.5. The first-order chi connectivity index (χ1) is 11.1. The fraction of sp³-hybridized carbons (Fsp3) is 0.316. The van der Waals surface area contributed by atoms with Crippen molar-refractivity contribution in [1.82, 2.24) is 0 Å². The summed E-state index contributed by atoms with van der Waals surface area (Å²) < 4.78 is 5.29. The molecule has 0 fully saturated rings. The lowest BCUT2D eigenvalue weighted by Crippen LogP contribution is -2.22. The zero-order valence-electron chi connectivity index (χ0n) is 14.1. The van der Waals surface area contributed by atoms with Crippen LogP contribution in [0.5, 0.6) is 5.75 Å². The second-order valence-corrected chi connectivity index (χ2v) is 6.02. The van der Waals surface area contributed by atoms with Gasteiger partial charge in [-0.3, -0.25) is 0 Å². The molecule has 1 aliphatic carbocycles. The molecule has 0 aliphatic heterocycles. The molecule has 0 aromatic heterocycles. The second-order valence-electron chi connectivity index (χ2n) is 6.02. The highest BCUT2D eigenvalue weighted by molar-refractivity contribution is 14.0. The van der Waals surface area contributed by atoms with Crippen molar-refractivity contribution < 1.29 is 4.74 Å². The number of hydrogen-bond acceptors (Lipinski definition) is 2. The third kappa shape index (κ3) is 4.63. The minimum Gasteiger partial charge on any atom is -0.497 e. The molecule has 2 aromatic carbocycles. The number of fused-ring (bicyclic) bond motifs is 1. The van der Waals surface area contributed by atoms with Crippen molar-refractivity contribution >= 4 is 35.6 Å². The first-order valence-electron chi connectivity index (χ1n) is 7.97. The maximum atomic E-state index is 6.02. The maximum absolute atomic E-state index is 6.02. The molecule has 0 bridgehead atoms. The molecule has 24 heavy (non-hydrogen) atoms. The van der Waals surface area contributed by atoms with E-state index in [2.05, 4.69) is 34.6 Å². The van der Waals surface area contributed by atoms with Crippen LogP contribution >= 0.6 is 24.0 Å². The van der Waals surface area contributed by atoms with Crippen LogP contribution in [-0.2, 0) is 19.4 Å². The first kappa shape index (κ1) is 18.6. The molecular weight excluding hydrogens is 413 g/mol. The third-order valence-electron chi connectivity index (χ3n) is 4.15. The summed E-state index contributed by atoms with van der Waals surface area (Å²) in [6.07, 6.45) is 3.59. The standard InChI is InChI=1S/C19H23N3O.HI/c1-13-8-14(10-18(9-13)23-2)12-21-19(20)22-17-7-6-15-4-3-5-16(15)11-17;/h6-11H,3-5,12H2,1-2H3,(H3,20,21,22);1H. The number of anilines is 1. The molecule has 5 heteroatoms. The minimum atomic E-state index is 0. The summed E-state index contributed by atoms with van der Waals surface area (Å²) in [5.74, 6) is 1.28. The second kappa shape index (κ2) is 8.37. The van der Waals surface area contributed by atoms with Crippen LogP contribution in [0.25, 0.3) is 0 Å². The Labute approximate surface area is 160 Å². The Balaban J connectivity index is 0.00000208. The van der Waals surface area contributed by atoms with E-state index in [1.807, 2.05) is 19.1 Å². The Morgan fingerprint density at radius 1 is 1.17 bits per heavy atom. The SMILES string of the molecule is COc1cc(C)cc(CN=C(N)Nc2ccc3c(c2)CCC3)c1.I. The summed E-state index contributed by atoms with van der Waals surface area (Å²) >= 11 is 0. The van der Waals surface area contributed by atoms with E-state index in [4.69, 9.17) is 10.5 Å². The molecule has 0 spiro atoms. The molecule has 3 rings (SSSR count). The summed E-state index contributed by atoms with van der Waals surface area (Å²) in [5.41, 5.74) is 12.1. The number of methoxy groups -OCH3 is 1. The number of aryl methyl sites for hydroxylation is 3. The van der Waals surface area contributed by atoms with E-state index in [-0.39, 0.29) is 24.0 Å². The van der Waals surface area contributed by atoms with Crippen molar-refractivity contribution in [2.75, 3.05) is 12.4 Å². The number of aliphatic imine (C=N–C) groups is 1. The largest absolute Gasteiger partial charge is 0.497 e. The topological polar surface area (TPSA) is 59.6 Å². The number of nitrogens with zero attached hydrogens (tertiary/aromatic N) is 1.